The second-order valence-electron chi connectivity index (χ2n) is 5.28. The first kappa shape index (κ1) is 16.0. The molecule has 114 valence electrons. The van der Waals surface area contributed by atoms with Gasteiger partial charge in [-0.05, 0) is 17.5 Å². The molecule has 0 spiro atoms. The molecule has 3 heteroatoms. The van der Waals surface area contributed by atoms with E-state index < -0.39 is 0 Å². The second-order valence-corrected chi connectivity index (χ2v) is 5.28. The van der Waals surface area contributed by atoms with E-state index in [9.17, 15) is 9.59 Å². The molecule has 2 rings (SSSR count). The summed E-state index contributed by atoms with van der Waals surface area (Å²) in [4.78, 5) is 23.6. The van der Waals surface area contributed by atoms with Gasteiger partial charge in [-0.1, -0.05) is 68.4 Å². The molecule has 0 saturated carbocycles. The third-order valence-corrected chi connectivity index (χ3v) is 3.67. The number of esters is 1. The van der Waals surface area contributed by atoms with E-state index >= 15 is 0 Å². The van der Waals surface area contributed by atoms with Gasteiger partial charge in [0.2, 0.25) is 0 Å². The molecule has 0 amide bonds. The molecule has 0 aliphatic rings. The van der Waals surface area contributed by atoms with Gasteiger partial charge in [0.25, 0.3) is 0 Å². The highest BCUT2D eigenvalue weighted by atomic mass is 16.5. The van der Waals surface area contributed by atoms with E-state index in [0.29, 0.717) is 12.0 Å². The van der Waals surface area contributed by atoms with Crippen LogP contribution >= 0.6 is 0 Å². The van der Waals surface area contributed by atoms with E-state index in [2.05, 4.69) is 0 Å². The molecule has 1 atom stereocenters. The lowest BCUT2D eigenvalue weighted by Gasteiger charge is -2.09. The van der Waals surface area contributed by atoms with E-state index in [-0.39, 0.29) is 24.3 Å². The Morgan fingerprint density at radius 3 is 2.14 bits per heavy atom. The fourth-order valence-electron chi connectivity index (χ4n) is 2.01. The van der Waals surface area contributed by atoms with Crippen molar-refractivity contribution in [3.8, 4) is 11.1 Å². The van der Waals surface area contributed by atoms with Crippen LogP contribution in [0.4, 0.5) is 0 Å². The number of hydrogen-bond donors (Lipinski definition) is 0. The molecule has 0 radical (unpaired) electrons. The van der Waals surface area contributed by atoms with E-state index in [1.165, 1.54) is 0 Å². The van der Waals surface area contributed by atoms with Crippen molar-refractivity contribution in [1.82, 2.24) is 0 Å². The lowest BCUT2D eigenvalue weighted by molar-refractivity contribution is -0.146. The van der Waals surface area contributed by atoms with Gasteiger partial charge in [-0.2, -0.15) is 0 Å². The zero-order chi connectivity index (χ0) is 15.9. The minimum atomic E-state index is -0.322. The smallest absolute Gasteiger partial charge is 0.309 e. The zero-order valence-electron chi connectivity index (χ0n) is 12.9. The average Bonchev–Trinajstić information content (AvgIpc) is 2.59. The van der Waals surface area contributed by atoms with Crippen molar-refractivity contribution in [2.75, 3.05) is 6.61 Å². The normalized spacial score (nSPS) is 11.7. The zero-order valence-corrected chi connectivity index (χ0v) is 12.9. The summed E-state index contributed by atoms with van der Waals surface area (Å²) in [5, 5.41) is 0. The van der Waals surface area contributed by atoms with Crippen molar-refractivity contribution in [2.24, 2.45) is 5.92 Å². The summed E-state index contributed by atoms with van der Waals surface area (Å²) in [5.41, 5.74) is 2.70. The van der Waals surface area contributed by atoms with Gasteiger partial charge in [-0.3, -0.25) is 9.59 Å². The molecule has 0 heterocycles. The minimum Gasteiger partial charge on any atom is -0.457 e. The molecule has 0 saturated heterocycles. The molecule has 2 aromatic rings. The van der Waals surface area contributed by atoms with Crippen LogP contribution in [0.15, 0.2) is 54.6 Å². The molecule has 0 bridgehead atoms. The first-order valence-electron chi connectivity index (χ1n) is 7.47. The molecule has 0 N–H and O–H groups in total. The number of hydrogen-bond acceptors (Lipinski definition) is 3. The SMILES string of the molecule is CC[C@H](C)C(=O)OCC(=O)c1ccc(-c2ccccc2)cc1. The number of ketones is 1. The lowest BCUT2D eigenvalue weighted by atomic mass is 10.0. The van der Waals surface area contributed by atoms with E-state index in [1.54, 1.807) is 19.1 Å². The van der Waals surface area contributed by atoms with Crippen molar-refractivity contribution >= 4 is 11.8 Å². The van der Waals surface area contributed by atoms with Gasteiger partial charge >= 0.3 is 5.97 Å². The largest absolute Gasteiger partial charge is 0.457 e. The fourth-order valence-corrected chi connectivity index (χ4v) is 2.01. The van der Waals surface area contributed by atoms with Gasteiger partial charge in [0.05, 0.1) is 5.92 Å². The maximum atomic E-state index is 12.0. The molecule has 0 aliphatic carbocycles. The number of carbonyl (C=O) groups is 2. The topological polar surface area (TPSA) is 43.4 Å². The molecular weight excluding hydrogens is 276 g/mol. The van der Waals surface area contributed by atoms with Crippen molar-refractivity contribution in [3.63, 3.8) is 0 Å². The molecular formula is C19H20O3. The number of carbonyl (C=O) groups excluding carboxylic acids is 2. The second kappa shape index (κ2) is 7.55. The maximum absolute atomic E-state index is 12.0. The van der Waals surface area contributed by atoms with Gasteiger partial charge < -0.3 is 4.74 Å². The van der Waals surface area contributed by atoms with Crippen molar-refractivity contribution in [2.45, 2.75) is 20.3 Å². The Labute approximate surface area is 130 Å². The van der Waals surface area contributed by atoms with Crippen LogP contribution in [0.3, 0.4) is 0 Å². The Bertz CT molecular complexity index is 629. The Hall–Kier alpha value is -2.42. The summed E-state index contributed by atoms with van der Waals surface area (Å²) in [6.07, 6.45) is 0.707. The number of rotatable bonds is 6. The van der Waals surface area contributed by atoms with Crippen LogP contribution in [-0.4, -0.2) is 18.4 Å². The summed E-state index contributed by atoms with van der Waals surface area (Å²) >= 11 is 0. The molecule has 0 aromatic heterocycles. The highest BCUT2D eigenvalue weighted by Crippen LogP contribution is 2.19. The number of benzene rings is 2. The Kier molecular flexibility index (Phi) is 5.48. The van der Waals surface area contributed by atoms with Gasteiger partial charge in [0, 0.05) is 5.56 Å². The summed E-state index contributed by atoms with van der Waals surface area (Å²) in [5.74, 6) is -0.679. The van der Waals surface area contributed by atoms with Gasteiger partial charge in [-0.15, -0.1) is 0 Å². The number of ether oxygens (including phenoxy) is 1. The summed E-state index contributed by atoms with van der Waals surface area (Å²) in [6.45, 7) is 3.51. The van der Waals surface area contributed by atoms with Crippen LogP contribution in [0.5, 0.6) is 0 Å². The van der Waals surface area contributed by atoms with Crippen LogP contribution in [0.2, 0.25) is 0 Å². The van der Waals surface area contributed by atoms with Crippen LogP contribution in [0.25, 0.3) is 11.1 Å². The third-order valence-electron chi connectivity index (χ3n) is 3.67. The quantitative estimate of drug-likeness (QED) is 0.594. The molecule has 22 heavy (non-hydrogen) atoms. The van der Waals surface area contributed by atoms with E-state index in [1.807, 2.05) is 49.4 Å². The summed E-state index contributed by atoms with van der Waals surface area (Å²) < 4.78 is 5.04. The predicted molar refractivity (Wildman–Crippen MR) is 86.6 cm³/mol. The van der Waals surface area contributed by atoms with Crippen molar-refractivity contribution in [3.05, 3.63) is 60.2 Å². The monoisotopic (exact) mass is 296 g/mol. The minimum absolute atomic E-state index is 0.173. The molecule has 0 fully saturated rings. The van der Waals surface area contributed by atoms with Gasteiger partial charge in [0.15, 0.2) is 12.4 Å². The Balaban J connectivity index is 1.98. The standard InChI is InChI=1S/C19H20O3/c1-3-14(2)19(21)22-13-18(20)17-11-9-16(10-12-17)15-7-5-4-6-8-15/h4-12,14H,3,13H2,1-2H3/t14-/m0/s1. The highest BCUT2D eigenvalue weighted by molar-refractivity contribution is 5.98. The molecule has 2 aromatic carbocycles. The van der Waals surface area contributed by atoms with E-state index in [0.717, 1.165) is 11.1 Å². The van der Waals surface area contributed by atoms with Crippen LogP contribution in [0.1, 0.15) is 30.6 Å². The fraction of sp³-hybridized carbons (Fsp3) is 0.263. The van der Waals surface area contributed by atoms with Crippen LogP contribution < -0.4 is 0 Å². The maximum Gasteiger partial charge on any atom is 0.309 e. The van der Waals surface area contributed by atoms with Crippen molar-refractivity contribution in [1.29, 1.82) is 0 Å². The Morgan fingerprint density at radius 1 is 0.955 bits per heavy atom. The average molecular weight is 296 g/mol. The molecule has 0 aliphatic heterocycles. The van der Waals surface area contributed by atoms with Crippen LogP contribution in [0, 0.1) is 5.92 Å². The van der Waals surface area contributed by atoms with Crippen molar-refractivity contribution < 1.29 is 14.3 Å². The molecule has 3 nitrogen and oxygen atoms in total. The van der Waals surface area contributed by atoms with E-state index in [4.69, 9.17) is 4.74 Å². The molecule has 0 unspecified atom stereocenters. The highest BCUT2D eigenvalue weighted by Gasteiger charge is 2.14. The first-order valence-corrected chi connectivity index (χ1v) is 7.47. The Morgan fingerprint density at radius 2 is 1.55 bits per heavy atom. The lowest BCUT2D eigenvalue weighted by Crippen LogP contribution is -2.19. The predicted octanol–water partition coefficient (Wildman–Crippen LogP) is 4.13. The number of Topliss-reactive ketones (excluding diaryl/α,β-unsaturated/α-hetero) is 1. The van der Waals surface area contributed by atoms with Gasteiger partial charge in [-0.25, -0.2) is 0 Å². The third kappa shape index (κ3) is 4.04. The summed E-state index contributed by atoms with van der Waals surface area (Å²) in [7, 11) is 0. The van der Waals surface area contributed by atoms with Crippen LogP contribution in [-0.2, 0) is 9.53 Å². The summed E-state index contributed by atoms with van der Waals surface area (Å²) in [6, 6.07) is 17.3. The van der Waals surface area contributed by atoms with Gasteiger partial charge in [0.1, 0.15) is 0 Å². The first-order chi connectivity index (χ1) is 10.6.